The van der Waals surface area contributed by atoms with Crippen LogP contribution < -0.4 is 11.1 Å². The lowest BCUT2D eigenvalue weighted by molar-refractivity contribution is -0.137. The first-order valence-corrected chi connectivity index (χ1v) is 7.37. The monoisotopic (exact) mass is 303 g/mol. The molecule has 1 rings (SSSR count). The lowest BCUT2D eigenvalue weighted by atomic mass is 10.0. The molecule has 0 atom stereocenters. The molecule has 0 saturated heterocycles. The molecule has 1 aromatic rings. The second kappa shape index (κ2) is 8.10. The van der Waals surface area contributed by atoms with Crippen LogP contribution in [0, 0.1) is 5.92 Å². The molecule has 0 unspecified atom stereocenters. The summed E-state index contributed by atoms with van der Waals surface area (Å²) < 4.78 is 37.9. The largest absolute Gasteiger partial charge is 0.416 e. The first-order chi connectivity index (χ1) is 9.79. The standard InChI is InChI=1S/C15H24F3N3/c1-11(2)7-5-3-4-6-8-20-14-10-12(15(16,17)18)9-13(19)21-14/h9-11H,3-8H2,1-2H3,(H3,19,20,21). The van der Waals surface area contributed by atoms with Crippen LogP contribution in [0.25, 0.3) is 0 Å². The fraction of sp³-hybridized carbons (Fsp3) is 0.667. The van der Waals surface area contributed by atoms with E-state index >= 15 is 0 Å². The van der Waals surface area contributed by atoms with Crippen LogP contribution in [0.2, 0.25) is 0 Å². The van der Waals surface area contributed by atoms with Gasteiger partial charge in [0.05, 0.1) is 5.56 Å². The Labute approximate surface area is 124 Å². The lowest BCUT2D eigenvalue weighted by Crippen LogP contribution is -2.10. The first-order valence-electron chi connectivity index (χ1n) is 7.37. The third kappa shape index (κ3) is 7.20. The number of alkyl halides is 3. The fourth-order valence-electron chi connectivity index (χ4n) is 2.05. The van der Waals surface area contributed by atoms with Gasteiger partial charge < -0.3 is 11.1 Å². The minimum Gasteiger partial charge on any atom is -0.384 e. The van der Waals surface area contributed by atoms with Gasteiger partial charge in [0.15, 0.2) is 0 Å². The molecule has 0 radical (unpaired) electrons. The van der Waals surface area contributed by atoms with E-state index in [0.29, 0.717) is 6.54 Å². The zero-order valence-electron chi connectivity index (χ0n) is 12.6. The van der Waals surface area contributed by atoms with Crippen LogP contribution in [0.3, 0.4) is 0 Å². The number of hydrogen-bond acceptors (Lipinski definition) is 3. The van der Waals surface area contributed by atoms with E-state index in [4.69, 9.17) is 5.73 Å². The summed E-state index contributed by atoms with van der Waals surface area (Å²) >= 11 is 0. The van der Waals surface area contributed by atoms with Crippen LogP contribution in [0.5, 0.6) is 0 Å². The molecule has 3 N–H and O–H groups in total. The van der Waals surface area contributed by atoms with Crippen LogP contribution in [0.1, 0.15) is 51.5 Å². The molecule has 0 amide bonds. The average Bonchev–Trinajstić information content (AvgIpc) is 2.35. The van der Waals surface area contributed by atoms with Crippen LogP contribution in [0.4, 0.5) is 24.8 Å². The van der Waals surface area contributed by atoms with Crippen molar-refractivity contribution in [2.75, 3.05) is 17.6 Å². The number of aromatic nitrogens is 1. The second-order valence-electron chi connectivity index (χ2n) is 5.69. The molecule has 0 aliphatic heterocycles. The zero-order valence-corrected chi connectivity index (χ0v) is 12.6. The van der Waals surface area contributed by atoms with Crippen molar-refractivity contribution in [2.45, 2.75) is 52.1 Å². The van der Waals surface area contributed by atoms with E-state index in [2.05, 4.69) is 24.1 Å². The molecule has 21 heavy (non-hydrogen) atoms. The van der Waals surface area contributed by atoms with Gasteiger partial charge in [0, 0.05) is 6.54 Å². The topological polar surface area (TPSA) is 50.9 Å². The highest BCUT2D eigenvalue weighted by Crippen LogP contribution is 2.31. The summed E-state index contributed by atoms with van der Waals surface area (Å²) in [5.41, 5.74) is 4.63. The van der Waals surface area contributed by atoms with E-state index < -0.39 is 11.7 Å². The number of nitrogens with one attached hydrogen (secondary N) is 1. The molecule has 0 aliphatic carbocycles. The molecule has 0 bridgehead atoms. The average molecular weight is 303 g/mol. The summed E-state index contributed by atoms with van der Waals surface area (Å²) in [6.45, 7) is 5.01. The minimum atomic E-state index is -4.40. The second-order valence-corrected chi connectivity index (χ2v) is 5.69. The molecule has 1 heterocycles. The minimum absolute atomic E-state index is 0.121. The Morgan fingerprint density at radius 2 is 1.81 bits per heavy atom. The third-order valence-electron chi connectivity index (χ3n) is 3.19. The summed E-state index contributed by atoms with van der Waals surface area (Å²) in [4.78, 5) is 3.87. The van der Waals surface area contributed by atoms with Crippen molar-refractivity contribution in [3.63, 3.8) is 0 Å². The number of anilines is 2. The van der Waals surface area contributed by atoms with Crippen molar-refractivity contribution in [3.05, 3.63) is 17.7 Å². The van der Waals surface area contributed by atoms with E-state index in [9.17, 15) is 13.2 Å². The van der Waals surface area contributed by atoms with Gasteiger partial charge in [-0.3, -0.25) is 0 Å². The third-order valence-corrected chi connectivity index (χ3v) is 3.19. The maximum absolute atomic E-state index is 12.6. The Morgan fingerprint density at radius 1 is 1.14 bits per heavy atom. The number of nitrogens with two attached hydrogens (primary N) is 1. The molecule has 120 valence electrons. The van der Waals surface area contributed by atoms with Crippen molar-refractivity contribution >= 4 is 11.6 Å². The normalized spacial score (nSPS) is 11.9. The van der Waals surface area contributed by atoms with E-state index in [1.165, 1.54) is 12.8 Å². The molecule has 6 heteroatoms. The van der Waals surface area contributed by atoms with Gasteiger partial charge in [-0.2, -0.15) is 13.2 Å². The summed E-state index contributed by atoms with van der Waals surface area (Å²) in [7, 11) is 0. The van der Waals surface area contributed by atoms with Gasteiger partial charge in [-0.15, -0.1) is 0 Å². The van der Waals surface area contributed by atoms with Gasteiger partial charge in [0.1, 0.15) is 11.6 Å². The highest BCUT2D eigenvalue weighted by Gasteiger charge is 2.31. The van der Waals surface area contributed by atoms with Gasteiger partial charge in [0.2, 0.25) is 0 Å². The van der Waals surface area contributed by atoms with Gasteiger partial charge in [-0.05, 0) is 24.5 Å². The Morgan fingerprint density at radius 3 is 2.43 bits per heavy atom. The van der Waals surface area contributed by atoms with Gasteiger partial charge >= 0.3 is 6.18 Å². The van der Waals surface area contributed by atoms with Crippen molar-refractivity contribution in [1.82, 2.24) is 4.98 Å². The Hall–Kier alpha value is -1.46. The van der Waals surface area contributed by atoms with Crippen LogP contribution >= 0.6 is 0 Å². The van der Waals surface area contributed by atoms with E-state index in [1.807, 2.05) is 0 Å². The quantitative estimate of drug-likeness (QED) is 0.684. The predicted octanol–water partition coefficient (Wildman–Crippen LogP) is 4.70. The lowest BCUT2D eigenvalue weighted by Gasteiger charge is -2.11. The summed E-state index contributed by atoms with van der Waals surface area (Å²) in [5, 5.41) is 2.91. The molecule has 0 fully saturated rings. The number of rotatable bonds is 8. The molecule has 0 saturated carbocycles. The van der Waals surface area contributed by atoms with E-state index in [1.54, 1.807) is 0 Å². The van der Waals surface area contributed by atoms with Crippen molar-refractivity contribution in [1.29, 1.82) is 0 Å². The first kappa shape index (κ1) is 17.6. The number of nitrogen functional groups attached to an aromatic ring is 1. The van der Waals surface area contributed by atoms with Crippen molar-refractivity contribution in [3.8, 4) is 0 Å². The Bertz CT molecular complexity index is 431. The van der Waals surface area contributed by atoms with Gasteiger partial charge in [0.25, 0.3) is 0 Å². The summed E-state index contributed by atoms with van der Waals surface area (Å²) in [5.74, 6) is 0.786. The van der Waals surface area contributed by atoms with Crippen LogP contribution in [0.15, 0.2) is 12.1 Å². The molecular formula is C15H24F3N3. The van der Waals surface area contributed by atoms with Crippen molar-refractivity contribution < 1.29 is 13.2 Å². The van der Waals surface area contributed by atoms with Gasteiger partial charge in [-0.1, -0.05) is 39.5 Å². The molecule has 0 aromatic carbocycles. The molecule has 0 aliphatic rings. The maximum atomic E-state index is 12.6. The highest BCUT2D eigenvalue weighted by molar-refractivity contribution is 5.47. The summed E-state index contributed by atoms with van der Waals surface area (Å²) in [6, 6.07) is 1.84. The maximum Gasteiger partial charge on any atom is 0.416 e. The number of unbranched alkanes of at least 4 members (excludes halogenated alkanes) is 3. The highest BCUT2D eigenvalue weighted by atomic mass is 19.4. The SMILES string of the molecule is CC(C)CCCCCCNc1cc(C(F)(F)F)cc(N)n1. The molecule has 3 nitrogen and oxygen atoms in total. The smallest absolute Gasteiger partial charge is 0.384 e. The predicted molar refractivity (Wildman–Crippen MR) is 80.1 cm³/mol. The fourth-order valence-corrected chi connectivity index (χ4v) is 2.05. The van der Waals surface area contributed by atoms with Crippen molar-refractivity contribution in [2.24, 2.45) is 5.92 Å². The molecule has 1 aromatic heterocycles. The van der Waals surface area contributed by atoms with E-state index in [-0.39, 0.29) is 11.6 Å². The summed E-state index contributed by atoms with van der Waals surface area (Å²) in [6.07, 6.45) is 1.15. The molecular weight excluding hydrogens is 279 g/mol. The van der Waals surface area contributed by atoms with E-state index in [0.717, 1.165) is 37.3 Å². The van der Waals surface area contributed by atoms with Gasteiger partial charge in [-0.25, -0.2) is 4.98 Å². The van der Waals surface area contributed by atoms with Crippen LogP contribution in [-0.4, -0.2) is 11.5 Å². The Balaban J connectivity index is 2.34. The Kier molecular flexibility index (Phi) is 6.78. The number of pyridine rings is 1. The van der Waals surface area contributed by atoms with Crippen LogP contribution in [-0.2, 0) is 6.18 Å². The number of halogens is 3. The zero-order chi connectivity index (χ0) is 15.9. The molecule has 0 spiro atoms. The number of nitrogens with zero attached hydrogens (tertiary/aromatic N) is 1. The number of hydrogen-bond donors (Lipinski definition) is 2.